The largest absolute Gasteiger partial charge is 0.414 e. The Morgan fingerprint density at radius 1 is 1.80 bits per heavy atom. The fourth-order valence-electron chi connectivity index (χ4n) is 0.465. The van der Waals surface area contributed by atoms with E-state index in [2.05, 4.69) is 4.52 Å². The van der Waals surface area contributed by atoms with Gasteiger partial charge in [-0.1, -0.05) is 0 Å². The van der Waals surface area contributed by atoms with Crippen LogP contribution in [0.15, 0.2) is 0 Å². The van der Waals surface area contributed by atoms with Gasteiger partial charge in [-0.05, 0) is 6.92 Å². The zero-order valence-electron chi connectivity index (χ0n) is 6.09. The number of hydrogen-bond donors (Lipinski definition) is 1. The van der Waals surface area contributed by atoms with Crippen LogP contribution in [-0.4, -0.2) is 18.7 Å². The Hall–Kier alpha value is -0.340. The second-order valence-corrected chi connectivity index (χ2v) is 3.33. The maximum atomic E-state index is 10.6. The van der Waals surface area contributed by atoms with Crippen molar-refractivity contribution < 1.29 is 13.9 Å². The molecule has 0 amide bonds. The zero-order chi connectivity index (χ0) is 8.15. The highest BCUT2D eigenvalue weighted by atomic mass is 31.1. The molecule has 0 aromatic heterocycles. The second-order valence-electron chi connectivity index (χ2n) is 2.15. The lowest BCUT2D eigenvalue weighted by Crippen LogP contribution is -2.19. The molecule has 10 heavy (non-hydrogen) atoms. The van der Waals surface area contributed by atoms with Crippen LogP contribution in [0.4, 0.5) is 0 Å². The molecule has 0 spiro atoms. The Morgan fingerprint density at radius 2 is 2.30 bits per heavy atom. The van der Waals surface area contributed by atoms with E-state index in [1.807, 2.05) is 0 Å². The lowest BCUT2D eigenvalue weighted by Gasteiger charge is -2.02. The molecule has 0 aliphatic rings. The predicted molar refractivity (Wildman–Crippen MR) is 39.3 cm³/mol. The molecule has 0 fully saturated rings. The third kappa shape index (κ3) is 5.79. The fourth-order valence-corrected chi connectivity index (χ4v) is 0.869. The van der Waals surface area contributed by atoms with E-state index in [0.717, 1.165) is 0 Å². The minimum absolute atomic E-state index is 0.129. The van der Waals surface area contributed by atoms with Crippen molar-refractivity contribution in [3.8, 4) is 0 Å². The third-order valence-corrected chi connectivity index (χ3v) is 1.26. The summed E-state index contributed by atoms with van der Waals surface area (Å²) in [6.45, 7) is 3.05. The first kappa shape index (κ1) is 9.66. The molecule has 1 unspecified atom stereocenters. The Kier molecular flexibility index (Phi) is 4.32. The Balaban J connectivity index is 3.54. The van der Waals surface area contributed by atoms with Gasteiger partial charge in [0.15, 0.2) is 0 Å². The predicted octanol–water partition coefficient (Wildman–Crippen LogP) is 0.371. The average molecular weight is 165 g/mol. The van der Waals surface area contributed by atoms with E-state index in [0.29, 0.717) is 0 Å². The van der Waals surface area contributed by atoms with E-state index in [4.69, 9.17) is 5.73 Å². The molecular weight excluding hydrogens is 153 g/mol. The van der Waals surface area contributed by atoms with Crippen molar-refractivity contribution in [2.24, 2.45) is 5.73 Å². The van der Waals surface area contributed by atoms with Gasteiger partial charge in [0.25, 0.3) is 0 Å². The van der Waals surface area contributed by atoms with Gasteiger partial charge in [0.1, 0.15) is 0 Å². The maximum absolute atomic E-state index is 10.6. The van der Waals surface area contributed by atoms with Crippen molar-refractivity contribution in [2.45, 2.75) is 19.4 Å². The van der Waals surface area contributed by atoms with Crippen molar-refractivity contribution >= 4 is 14.0 Å². The Bertz CT molecular complexity index is 146. The van der Waals surface area contributed by atoms with Gasteiger partial charge in [-0.25, -0.2) is 0 Å². The molecule has 0 saturated heterocycles. The molecule has 0 aliphatic carbocycles. The normalized spacial score (nSPS) is 15.9. The van der Waals surface area contributed by atoms with Crippen molar-refractivity contribution in [2.75, 3.05) is 6.66 Å². The lowest BCUT2D eigenvalue weighted by atomic mass is 10.3. The standard InChI is InChI=1S/C5H12NO3P/c1-4(6)3-5(7)9-10(2)8/h4,10H,3,6H2,1-2H3/t4-/m1/s1. The van der Waals surface area contributed by atoms with Gasteiger partial charge in [-0.15, -0.1) is 0 Å². The summed E-state index contributed by atoms with van der Waals surface area (Å²) in [4.78, 5) is 10.6. The van der Waals surface area contributed by atoms with Crippen LogP contribution in [0.25, 0.3) is 0 Å². The molecule has 0 aromatic rings. The van der Waals surface area contributed by atoms with Crippen LogP contribution >= 0.6 is 8.03 Å². The van der Waals surface area contributed by atoms with E-state index in [1.54, 1.807) is 6.92 Å². The van der Waals surface area contributed by atoms with E-state index < -0.39 is 14.0 Å². The molecule has 60 valence electrons. The summed E-state index contributed by atoms with van der Waals surface area (Å²) in [5.41, 5.74) is 5.28. The Labute approximate surface area is 60.6 Å². The minimum Gasteiger partial charge on any atom is -0.414 e. The first-order chi connectivity index (χ1) is 4.52. The topological polar surface area (TPSA) is 69.4 Å². The number of nitrogens with two attached hydrogens (primary N) is 1. The molecule has 0 heterocycles. The van der Waals surface area contributed by atoms with Gasteiger partial charge in [-0.2, -0.15) is 0 Å². The highest BCUT2D eigenvalue weighted by molar-refractivity contribution is 7.38. The molecule has 0 radical (unpaired) electrons. The van der Waals surface area contributed by atoms with Crippen LogP contribution in [0.3, 0.4) is 0 Å². The van der Waals surface area contributed by atoms with Gasteiger partial charge in [0, 0.05) is 12.7 Å². The van der Waals surface area contributed by atoms with E-state index in [9.17, 15) is 9.36 Å². The monoisotopic (exact) mass is 165 g/mol. The summed E-state index contributed by atoms with van der Waals surface area (Å²) >= 11 is 0. The quantitative estimate of drug-likeness (QED) is 0.613. The van der Waals surface area contributed by atoms with Crippen molar-refractivity contribution in [1.82, 2.24) is 0 Å². The van der Waals surface area contributed by atoms with Crippen LogP contribution in [0.5, 0.6) is 0 Å². The summed E-state index contributed by atoms with van der Waals surface area (Å²) < 4.78 is 14.7. The smallest absolute Gasteiger partial charge is 0.312 e. The van der Waals surface area contributed by atoms with Gasteiger partial charge >= 0.3 is 5.97 Å². The molecule has 0 aromatic carbocycles. The molecule has 0 rings (SSSR count). The fraction of sp³-hybridized carbons (Fsp3) is 0.800. The van der Waals surface area contributed by atoms with E-state index in [-0.39, 0.29) is 12.5 Å². The first-order valence-corrected chi connectivity index (χ1v) is 4.81. The highest BCUT2D eigenvalue weighted by Gasteiger charge is 2.06. The Morgan fingerprint density at radius 3 is 2.60 bits per heavy atom. The van der Waals surface area contributed by atoms with Crippen LogP contribution < -0.4 is 5.73 Å². The number of carbonyl (C=O) groups is 1. The van der Waals surface area contributed by atoms with Gasteiger partial charge in [-0.3, -0.25) is 9.36 Å². The highest BCUT2D eigenvalue weighted by Crippen LogP contribution is 2.16. The molecule has 0 saturated carbocycles. The maximum Gasteiger partial charge on any atom is 0.312 e. The summed E-state index contributed by atoms with van der Waals surface area (Å²) in [6, 6.07) is -0.228. The SMILES string of the molecule is C[C@@H](N)CC(=O)O[PH](C)=O. The van der Waals surface area contributed by atoms with Gasteiger partial charge in [0.2, 0.25) is 8.03 Å². The number of rotatable bonds is 3. The average Bonchev–Trinajstić information content (AvgIpc) is 1.58. The first-order valence-electron chi connectivity index (χ1n) is 2.99. The lowest BCUT2D eigenvalue weighted by molar-refractivity contribution is -0.134. The molecule has 0 bridgehead atoms. The third-order valence-electron chi connectivity index (χ3n) is 0.746. The molecular formula is C5H12NO3P. The summed E-state index contributed by atoms with van der Waals surface area (Å²) in [5, 5.41) is 0. The summed E-state index contributed by atoms with van der Waals surface area (Å²) in [5.74, 6) is -0.485. The van der Waals surface area contributed by atoms with Crippen molar-refractivity contribution in [3.05, 3.63) is 0 Å². The number of hydrogen-bond acceptors (Lipinski definition) is 4. The van der Waals surface area contributed by atoms with Crippen LogP contribution in [0.2, 0.25) is 0 Å². The molecule has 2 N–H and O–H groups in total. The van der Waals surface area contributed by atoms with Crippen molar-refractivity contribution in [3.63, 3.8) is 0 Å². The van der Waals surface area contributed by atoms with E-state index in [1.165, 1.54) is 6.66 Å². The summed E-state index contributed by atoms with van der Waals surface area (Å²) in [6.07, 6.45) is 0.129. The second kappa shape index (κ2) is 4.47. The minimum atomic E-state index is -2.13. The molecule has 0 aliphatic heterocycles. The van der Waals surface area contributed by atoms with Crippen LogP contribution in [-0.2, 0) is 13.9 Å². The van der Waals surface area contributed by atoms with Crippen LogP contribution in [0.1, 0.15) is 13.3 Å². The molecule has 5 heteroatoms. The molecule has 4 nitrogen and oxygen atoms in total. The van der Waals surface area contributed by atoms with Crippen LogP contribution in [0, 0.1) is 0 Å². The summed E-state index contributed by atoms with van der Waals surface area (Å²) in [7, 11) is -2.13. The van der Waals surface area contributed by atoms with E-state index >= 15 is 0 Å². The van der Waals surface area contributed by atoms with Crippen molar-refractivity contribution in [1.29, 1.82) is 0 Å². The zero-order valence-corrected chi connectivity index (χ0v) is 7.09. The van der Waals surface area contributed by atoms with Gasteiger partial charge < -0.3 is 10.3 Å². The molecule has 2 atom stereocenters. The number of carbonyl (C=O) groups excluding carboxylic acids is 1. The van der Waals surface area contributed by atoms with Gasteiger partial charge in [0.05, 0.1) is 6.42 Å².